The predicted molar refractivity (Wildman–Crippen MR) is 50.1 cm³/mol. The first-order valence-corrected chi connectivity index (χ1v) is 5.32. The van der Waals surface area contributed by atoms with Crippen LogP contribution in [0.15, 0.2) is 0 Å². The van der Waals surface area contributed by atoms with E-state index in [9.17, 15) is 0 Å². The number of hydrogen-bond donors (Lipinski definition) is 0. The molecule has 74 valence electrons. The van der Waals surface area contributed by atoms with Crippen LogP contribution in [-0.2, 0) is 0 Å². The van der Waals surface area contributed by atoms with Gasteiger partial charge in [-0.2, -0.15) is 0 Å². The Morgan fingerprint density at radius 1 is 0.923 bits per heavy atom. The summed E-state index contributed by atoms with van der Waals surface area (Å²) < 4.78 is 1.30. The van der Waals surface area contributed by atoms with E-state index in [4.69, 9.17) is 0 Å². The molecule has 4 rings (SSSR count). The normalized spacial score (nSPS) is 52.8. The fourth-order valence-electron chi connectivity index (χ4n) is 3.34. The van der Waals surface area contributed by atoms with Crippen LogP contribution in [-0.4, -0.2) is 65.7 Å². The van der Waals surface area contributed by atoms with Gasteiger partial charge < -0.3 is 0 Å². The quantitative estimate of drug-likeness (QED) is 0.554. The molecule has 4 nitrogen and oxygen atoms in total. The van der Waals surface area contributed by atoms with Crippen molar-refractivity contribution in [2.45, 2.75) is 13.3 Å². The standard InChI is InChI=1S/C9H19N4/c1-2-3-13-7-10-4-11(8-13)6-12(5-10)9-13/h2-9H2,1H3/q+1. The molecule has 0 spiro atoms. The Morgan fingerprint density at radius 2 is 1.38 bits per heavy atom. The Hall–Kier alpha value is -0.160. The van der Waals surface area contributed by atoms with Crippen LogP contribution in [0.5, 0.6) is 0 Å². The van der Waals surface area contributed by atoms with Gasteiger partial charge in [-0.15, -0.1) is 0 Å². The smallest absolute Gasteiger partial charge is 0.139 e. The van der Waals surface area contributed by atoms with E-state index in [-0.39, 0.29) is 0 Å². The molecule has 4 fully saturated rings. The second kappa shape index (κ2) is 2.67. The van der Waals surface area contributed by atoms with E-state index in [1.54, 1.807) is 0 Å². The lowest BCUT2D eigenvalue weighted by atomic mass is 10.2. The monoisotopic (exact) mass is 183 g/mol. The maximum atomic E-state index is 2.58. The third-order valence-electron chi connectivity index (χ3n) is 3.40. The summed E-state index contributed by atoms with van der Waals surface area (Å²) in [6, 6.07) is 0. The average molecular weight is 183 g/mol. The molecule has 4 heteroatoms. The first-order valence-electron chi connectivity index (χ1n) is 5.32. The highest BCUT2D eigenvalue weighted by molar-refractivity contribution is 4.73. The van der Waals surface area contributed by atoms with E-state index >= 15 is 0 Å². The van der Waals surface area contributed by atoms with Gasteiger partial charge in [0, 0.05) is 0 Å². The molecule has 4 aliphatic rings. The van der Waals surface area contributed by atoms with E-state index in [1.807, 2.05) is 0 Å². The highest BCUT2D eigenvalue weighted by Gasteiger charge is 2.47. The predicted octanol–water partition coefficient (Wildman–Crippen LogP) is -0.0950. The van der Waals surface area contributed by atoms with Gasteiger partial charge in [0.05, 0.1) is 26.6 Å². The lowest BCUT2D eigenvalue weighted by molar-refractivity contribution is -0.980. The van der Waals surface area contributed by atoms with Crippen molar-refractivity contribution in [2.24, 2.45) is 0 Å². The van der Waals surface area contributed by atoms with E-state index in [2.05, 4.69) is 21.6 Å². The zero-order valence-electron chi connectivity index (χ0n) is 8.45. The van der Waals surface area contributed by atoms with Crippen molar-refractivity contribution in [1.82, 2.24) is 14.7 Å². The van der Waals surface area contributed by atoms with Crippen molar-refractivity contribution in [2.75, 3.05) is 46.6 Å². The Bertz CT molecular complexity index is 180. The van der Waals surface area contributed by atoms with Crippen LogP contribution in [0.3, 0.4) is 0 Å². The highest BCUT2D eigenvalue weighted by Crippen LogP contribution is 2.28. The van der Waals surface area contributed by atoms with Crippen molar-refractivity contribution >= 4 is 0 Å². The van der Waals surface area contributed by atoms with Crippen molar-refractivity contribution in [3.8, 4) is 0 Å². The van der Waals surface area contributed by atoms with Gasteiger partial charge in [0.1, 0.15) is 20.0 Å². The molecular weight excluding hydrogens is 164 g/mol. The second-order valence-electron chi connectivity index (χ2n) is 4.93. The van der Waals surface area contributed by atoms with Gasteiger partial charge in [0.2, 0.25) is 0 Å². The molecule has 0 aromatic heterocycles. The van der Waals surface area contributed by atoms with Crippen molar-refractivity contribution in [1.29, 1.82) is 0 Å². The summed E-state index contributed by atoms with van der Waals surface area (Å²) in [6.45, 7) is 11.2. The molecule has 0 aromatic rings. The molecule has 0 amide bonds. The Labute approximate surface area is 79.9 Å². The summed E-state index contributed by atoms with van der Waals surface area (Å²) in [5, 5.41) is 0. The Morgan fingerprint density at radius 3 is 1.77 bits per heavy atom. The molecule has 0 radical (unpaired) electrons. The van der Waals surface area contributed by atoms with Crippen LogP contribution in [0.1, 0.15) is 13.3 Å². The Balaban J connectivity index is 1.83. The minimum absolute atomic E-state index is 1.21. The van der Waals surface area contributed by atoms with E-state index < -0.39 is 0 Å². The van der Waals surface area contributed by atoms with Gasteiger partial charge in [-0.05, 0) is 6.42 Å². The molecule has 4 bridgehead atoms. The topological polar surface area (TPSA) is 9.72 Å². The van der Waals surface area contributed by atoms with Crippen LogP contribution in [0.25, 0.3) is 0 Å². The number of nitrogens with zero attached hydrogens (tertiary/aromatic N) is 4. The van der Waals surface area contributed by atoms with Gasteiger partial charge in [-0.25, -0.2) is 14.7 Å². The van der Waals surface area contributed by atoms with E-state index in [1.165, 1.54) is 57.5 Å². The SMILES string of the molecule is CCC[N+]12CN3CN(CN(C3)C1)C2. The molecule has 4 heterocycles. The minimum atomic E-state index is 1.21. The summed E-state index contributed by atoms with van der Waals surface area (Å²) in [4.78, 5) is 7.73. The van der Waals surface area contributed by atoms with Crippen molar-refractivity contribution < 1.29 is 4.48 Å². The van der Waals surface area contributed by atoms with Gasteiger partial charge in [-0.3, -0.25) is 4.48 Å². The summed E-state index contributed by atoms with van der Waals surface area (Å²) in [5.74, 6) is 0. The number of quaternary nitrogens is 1. The maximum absolute atomic E-state index is 2.58. The molecule has 0 saturated carbocycles. The first kappa shape index (κ1) is 8.17. The Kier molecular flexibility index (Phi) is 1.68. The number of rotatable bonds is 2. The zero-order valence-corrected chi connectivity index (χ0v) is 8.45. The molecule has 0 aromatic carbocycles. The fourth-order valence-corrected chi connectivity index (χ4v) is 3.34. The van der Waals surface area contributed by atoms with Crippen molar-refractivity contribution in [3.05, 3.63) is 0 Å². The summed E-state index contributed by atoms with van der Waals surface area (Å²) in [5.41, 5.74) is 0. The fraction of sp³-hybridized carbons (Fsp3) is 1.00. The number of hydrogen-bond acceptors (Lipinski definition) is 3. The molecule has 0 atom stereocenters. The van der Waals surface area contributed by atoms with Gasteiger partial charge in [0.15, 0.2) is 0 Å². The molecule has 4 aliphatic heterocycles. The molecule has 0 N–H and O–H groups in total. The van der Waals surface area contributed by atoms with Crippen LogP contribution in [0, 0.1) is 0 Å². The third kappa shape index (κ3) is 1.21. The van der Waals surface area contributed by atoms with Crippen molar-refractivity contribution in [3.63, 3.8) is 0 Å². The van der Waals surface area contributed by atoms with Crippen LogP contribution >= 0.6 is 0 Å². The van der Waals surface area contributed by atoms with Crippen LogP contribution in [0.4, 0.5) is 0 Å². The van der Waals surface area contributed by atoms with Gasteiger partial charge in [0.25, 0.3) is 0 Å². The van der Waals surface area contributed by atoms with Crippen LogP contribution in [0.2, 0.25) is 0 Å². The highest BCUT2D eigenvalue weighted by atomic mass is 15.7. The molecule has 0 aliphatic carbocycles. The largest absolute Gasteiger partial charge is 0.286 e. The van der Waals surface area contributed by atoms with E-state index in [0.717, 1.165) is 0 Å². The molecule has 4 saturated heterocycles. The third-order valence-corrected chi connectivity index (χ3v) is 3.40. The molecular formula is C9H19N4+. The maximum Gasteiger partial charge on any atom is 0.139 e. The average Bonchev–Trinajstić information content (AvgIpc) is 2.00. The molecule has 13 heavy (non-hydrogen) atoms. The lowest BCUT2D eigenvalue weighted by Crippen LogP contribution is -2.79. The zero-order chi connectivity index (χ0) is 8.89. The summed E-state index contributed by atoms with van der Waals surface area (Å²) in [7, 11) is 0. The van der Waals surface area contributed by atoms with Gasteiger partial charge in [-0.1, -0.05) is 6.92 Å². The molecule has 0 unspecified atom stereocenters. The van der Waals surface area contributed by atoms with Crippen LogP contribution < -0.4 is 0 Å². The summed E-state index contributed by atoms with van der Waals surface area (Å²) in [6.07, 6.45) is 1.32. The summed E-state index contributed by atoms with van der Waals surface area (Å²) >= 11 is 0. The van der Waals surface area contributed by atoms with Gasteiger partial charge >= 0.3 is 0 Å². The first-order chi connectivity index (χ1) is 6.30. The minimum Gasteiger partial charge on any atom is -0.286 e. The second-order valence-corrected chi connectivity index (χ2v) is 4.93. The van der Waals surface area contributed by atoms with E-state index in [0.29, 0.717) is 0 Å². The lowest BCUT2D eigenvalue weighted by Gasteiger charge is -2.60.